The van der Waals surface area contributed by atoms with E-state index in [-0.39, 0.29) is 30.8 Å². The lowest BCUT2D eigenvalue weighted by Gasteiger charge is -2.33. The van der Waals surface area contributed by atoms with Crippen molar-refractivity contribution in [3.05, 3.63) is 23.9 Å². The van der Waals surface area contributed by atoms with E-state index in [9.17, 15) is 19.2 Å². The number of carbonyl (C=O) groups is 4. The molecular weight excluding hydrogens is 570 g/mol. The summed E-state index contributed by atoms with van der Waals surface area (Å²) in [6, 6.07) is 1.23. The topological polar surface area (TPSA) is 166 Å². The maximum atomic E-state index is 13.4. The van der Waals surface area contributed by atoms with Crippen molar-refractivity contribution in [3.63, 3.8) is 0 Å². The fourth-order valence-electron chi connectivity index (χ4n) is 4.11. The number of pyridine rings is 1. The number of anilines is 1. The number of aromatic nitrogens is 1. The van der Waals surface area contributed by atoms with Crippen LogP contribution in [0.5, 0.6) is 0 Å². The molecule has 0 radical (unpaired) electrons. The molecule has 44 heavy (non-hydrogen) atoms. The Kier molecular flexibility index (Phi) is 13.4. The molecule has 13 nitrogen and oxygen atoms in total. The molecule has 1 unspecified atom stereocenters. The van der Waals surface area contributed by atoms with Gasteiger partial charge in [-0.25, -0.2) is 19.4 Å². The molecule has 0 saturated carbocycles. The predicted molar refractivity (Wildman–Crippen MR) is 165 cm³/mol. The van der Waals surface area contributed by atoms with Crippen molar-refractivity contribution in [2.45, 2.75) is 110 Å². The second-order valence-corrected chi connectivity index (χ2v) is 13.6. The molecule has 1 aromatic heterocycles. The van der Waals surface area contributed by atoms with Gasteiger partial charge in [-0.05, 0) is 78.9 Å². The maximum Gasteiger partial charge on any atom is 0.413 e. The highest BCUT2D eigenvalue weighted by molar-refractivity contribution is 5.91. The molecule has 4 N–H and O–H groups in total. The van der Waals surface area contributed by atoms with Crippen molar-refractivity contribution in [2.24, 2.45) is 5.92 Å². The number of ether oxygens (including phenoxy) is 4. The molecule has 0 spiro atoms. The Morgan fingerprint density at radius 3 is 2.14 bits per heavy atom. The number of nitrogens with zero attached hydrogens (tertiary/aromatic N) is 1. The summed E-state index contributed by atoms with van der Waals surface area (Å²) in [7, 11) is 0. The first-order valence-corrected chi connectivity index (χ1v) is 15.1. The van der Waals surface area contributed by atoms with Gasteiger partial charge in [0.05, 0.1) is 19.3 Å². The molecule has 1 aliphatic heterocycles. The monoisotopic (exact) mass is 621 g/mol. The largest absolute Gasteiger partial charge is 0.458 e. The van der Waals surface area contributed by atoms with Crippen molar-refractivity contribution in [3.8, 4) is 0 Å². The van der Waals surface area contributed by atoms with Gasteiger partial charge < -0.3 is 34.9 Å². The summed E-state index contributed by atoms with van der Waals surface area (Å²) in [4.78, 5) is 56.3. The first-order valence-electron chi connectivity index (χ1n) is 15.1. The van der Waals surface area contributed by atoms with Crippen LogP contribution >= 0.6 is 0 Å². The first kappa shape index (κ1) is 36.7. The third kappa shape index (κ3) is 13.5. The molecule has 0 bridgehead atoms. The number of carbonyl (C=O) groups excluding carboxylic acids is 4. The second kappa shape index (κ2) is 16.0. The lowest BCUT2D eigenvalue weighted by atomic mass is 9.93. The normalized spacial score (nSPS) is 20.2. The molecule has 4 amide bonds. The number of esters is 1. The number of hydrogen-bond donors (Lipinski definition) is 4. The number of urea groups is 1. The minimum absolute atomic E-state index is 0.00910. The summed E-state index contributed by atoms with van der Waals surface area (Å²) >= 11 is 0. The number of nitrogens with one attached hydrogen (secondary N) is 4. The fraction of sp³-hybridized carbons (Fsp3) is 0.710. The minimum atomic E-state index is -1.55. The van der Waals surface area contributed by atoms with Gasteiger partial charge >= 0.3 is 18.1 Å². The molecule has 3 atom stereocenters. The molecule has 2 rings (SSSR count). The third-order valence-electron chi connectivity index (χ3n) is 6.41. The lowest BCUT2D eigenvalue weighted by molar-refractivity contribution is -0.162. The molecule has 1 aromatic rings. The Bertz CT molecular complexity index is 1110. The highest BCUT2D eigenvalue weighted by Crippen LogP contribution is 2.20. The van der Waals surface area contributed by atoms with E-state index >= 15 is 0 Å². The molecule has 2 heterocycles. The van der Waals surface area contributed by atoms with Gasteiger partial charge in [-0.15, -0.1) is 0 Å². The molecule has 1 fully saturated rings. The summed E-state index contributed by atoms with van der Waals surface area (Å²) < 4.78 is 22.3. The van der Waals surface area contributed by atoms with E-state index < -0.39 is 46.8 Å². The smallest absolute Gasteiger partial charge is 0.413 e. The van der Waals surface area contributed by atoms with Crippen LogP contribution in [-0.4, -0.2) is 84.2 Å². The summed E-state index contributed by atoms with van der Waals surface area (Å²) in [6.07, 6.45) is 2.41. The van der Waals surface area contributed by atoms with E-state index in [2.05, 4.69) is 26.3 Å². The zero-order chi connectivity index (χ0) is 33.1. The van der Waals surface area contributed by atoms with Gasteiger partial charge in [-0.1, -0.05) is 19.9 Å². The predicted octanol–water partition coefficient (Wildman–Crippen LogP) is 3.71. The van der Waals surface area contributed by atoms with Gasteiger partial charge in [0.2, 0.25) is 5.91 Å². The molecule has 0 aliphatic carbocycles. The van der Waals surface area contributed by atoms with Gasteiger partial charge in [0.25, 0.3) is 0 Å². The van der Waals surface area contributed by atoms with Crippen LogP contribution < -0.4 is 21.3 Å². The van der Waals surface area contributed by atoms with Gasteiger partial charge in [0.15, 0.2) is 0 Å². The van der Waals surface area contributed by atoms with Gasteiger partial charge in [0.1, 0.15) is 28.6 Å². The Morgan fingerprint density at radius 2 is 1.59 bits per heavy atom. The molecule has 0 aromatic carbocycles. The summed E-state index contributed by atoms with van der Waals surface area (Å²) in [6.45, 7) is 17.2. The quantitative estimate of drug-likeness (QED) is 0.332. The van der Waals surface area contributed by atoms with Crippen LogP contribution in [0.25, 0.3) is 0 Å². The molecule has 1 saturated heterocycles. The van der Waals surface area contributed by atoms with Crippen LogP contribution in [0.1, 0.15) is 80.7 Å². The summed E-state index contributed by atoms with van der Waals surface area (Å²) in [5.74, 6) is -0.731. The minimum Gasteiger partial charge on any atom is -0.458 e. The zero-order valence-electron chi connectivity index (χ0n) is 27.6. The zero-order valence-corrected chi connectivity index (χ0v) is 27.6. The van der Waals surface area contributed by atoms with Gasteiger partial charge in [0, 0.05) is 25.8 Å². The van der Waals surface area contributed by atoms with Crippen LogP contribution in [0.4, 0.5) is 15.4 Å². The Balaban J connectivity index is 2.21. The van der Waals surface area contributed by atoms with Crippen molar-refractivity contribution in [1.29, 1.82) is 0 Å². The van der Waals surface area contributed by atoms with Crippen LogP contribution in [0, 0.1) is 5.92 Å². The number of amides is 4. The van der Waals surface area contributed by atoms with Crippen LogP contribution in [0.2, 0.25) is 0 Å². The standard InChI is InChI=1S/C31H51N5O8/c1-20(2)22-18-41-14-10-11-15-42-19-23(25(37)33-22)34-27(39)36-31(9,26(38)43-29(3,4)5)16-21-12-13-24(32-17-21)35-28(40)44-30(6,7)8/h12-13,17,20,22-23H,10-11,14-16,18-19H2,1-9H3,(H,33,37)(H,32,35,40)(H2,34,36,39)/t22-,23-,31?/m1/s1. The van der Waals surface area contributed by atoms with E-state index in [1.807, 2.05) is 13.8 Å². The van der Waals surface area contributed by atoms with E-state index in [0.717, 1.165) is 12.8 Å². The third-order valence-corrected chi connectivity index (χ3v) is 6.41. The second-order valence-electron chi connectivity index (χ2n) is 13.6. The SMILES string of the molecule is CC(C)[C@H]1COCCCCOC[C@@H](NC(=O)NC(C)(Cc2ccc(NC(=O)OC(C)(C)C)nc2)C(=O)OC(C)(C)C)C(=O)N1. The van der Waals surface area contributed by atoms with Gasteiger partial charge in [-0.3, -0.25) is 10.1 Å². The number of rotatable bonds is 7. The van der Waals surface area contributed by atoms with Crippen molar-refractivity contribution in [2.75, 3.05) is 31.7 Å². The Morgan fingerprint density at radius 1 is 0.977 bits per heavy atom. The number of hydrogen-bond acceptors (Lipinski definition) is 9. The first-order chi connectivity index (χ1) is 20.4. The highest BCUT2D eigenvalue weighted by Gasteiger charge is 2.40. The van der Waals surface area contributed by atoms with Crippen LogP contribution in [0.15, 0.2) is 18.3 Å². The van der Waals surface area contributed by atoms with Crippen LogP contribution in [0.3, 0.4) is 0 Å². The van der Waals surface area contributed by atoms with Crippen molar-refractivity contribution >= 4 is 29.8 Å². The molecule has 1 aliphatic rings. The van der Waals surface area contributed by atoms with E-state index in [0.29, 0.717) is 25.4 Å². The molecular formula is C31H51N5O8. The fourth-order valence-corrected chi connectivity index (χ4v) is 4.11. The average molecular weight is 622 g/mol. The Hall–Kier alpha value is -3.45. The van der Waals surface area contributed by atoms with E-state index in [1.165, 1.54) is 13.1 Å². The maximum absolute atomic E-state index is 13.4. The van der Waals surface area contributed by atoms with Crippen molar-refractivity contribution < 1.29 is 38.1 Å². The lowest BCUT2D eigenvalue weighted by Crippen LogP contribution is -2.62. The molecule has 13 heteroatoms. The van der Waals surface area contributed by atoms with Crippen LogP contribution in [-0.2, 0) is 35.0 Å². The van der Waals surface area contributed by atoms with E-state index in [4.69, 9.17) is 18.9 Å². The van der Waals surface area contributed by atoms with E-state index in [1.54, 1.807) is 53.7 Å². The van der Waals surface area contributed by atoms with Crippen molar-refractivity contribution in [1.82, 2.24) is 20.9 Å². The summed E-state index contributed by atoms with van der Waals surface area (Å²) in [5.41, 5.74) is -2.46. The average Bonchev–Trinajstić information content (AvgIpc) is 2.86. The molecule has 248 valence electrons. The highest BCUT2D eigenvalue weighted by atomic mass is 16.6. The summed E-state index contributed by atoms with van der Waals surface area (Å²) in [5, 5.41) is 10.9. The van der Waals surface area contributed by atoms with Gasteiger partial charge in [-0.2, -0.15) is 0 Å². The Labute approximate surface area is 260 Å².